The third-order valence-electron chi connectivity index (χ3n) is 5.06. The largest absolute Gasteiger partial charge is 0.496 e. The maximum absolute atomic E-state index is 14.0. The quantitative estimate of drug-likeness (QED) is 0.845. The van der Waals surface area contributed by atoms with Crippen molar-refractivity contribution in [1.29, 1.82) is 0 Å². The van der Waals surface area contributed by atoms with Crippen LogP contribution in [0.15, 0.2) is 29.4 Å². The Balaban J connectivity index is 2.02. The molecular formula is C20H20FN3O3. The number of oxime groups is 1. The van der Waals surface area contributed by atoms with Crippen molar-refractivity contribution in [1.82, 2.24) is 4.90 Å². The molecule has 4 rings (SSSR count). The Morgan fingerprint density at radius 3 is 2.70 bits per heavy atom. The first kappa shape index (κ1) is 17.5. The first-order chi connectivity index (χ1) is 13.0. The Kier molecular flexibility index (Phi) is 4.31. The molecule has 1 N–H and O–H groups in total. The molecule has 1 amide bonds. The van der Waals surface area contributed by atoms with Crippen LogP contribution in [0.3, 0.4) is 0 Å². The number of ether oxygens (including phenoxy) is 1. The lowest BCUT2D eigenvalue weighted by Crippen LogP contribution is -2.28. The van der Waals surface area contributed by atoms with Gasteiger partial charge >= 0.3 is 0 Å². The highest BCUT2D eigenvalue weighted by atomic mass is 19.1. The zero-order valence-corrected chi connectivity index (χ0v) is 15.4. The van der Waals surface area contributed by atoms with Crippen LogP contribution in [0.25, 0.3) is 11.1 Å². The maximum Gasteiger partial charge on any atom is 0.278 e. The van der Waals surface area contributed by atoms with Gasteiger partial charge in [-0.2, -0.15) is 0 Å². The summed E-state index contributed by atoms with van der Waals surface area (Å²) >= 11 is 0. The molecule has 140 valence electrons. The highest BCUT2D eigenvalue weighted by Gasteiger charge is 2.34. The number of rotatable bonds is 3. The second kappa shape index (κ2) is 6.66. The van der Waals surface area contributed by atoms with E-state index in [-0.39, 0.29) is 17.4 Å². The number of carbonyl (C=O) groups excluding carboxylic acids is 1. The van der Waals surface area contributed by atoms with E-state index in [1.807, 2.05) is 13.1 Å². The molecule has 0 spiro atoms. The van der Waals surface area contributed by atoms with Gasteiger partial charge in [0.2, 0.25) is 0 Å². The van der Waals surface area contributed by atoms with Gasteiger partial charge < -0.3 is 19.8 Å². The maximum atomic E-state index is 14.0. The van der Waals surface area contributed by atoms with E-state index in [9.17, 15) is 9.18 Å². The minimum absolute atomic E-state index is 0.222. The number of likely N-dealkylation sites (N-methyl/N-ethyl adjacent to an activating group) is 1. The molecule has 27 heavy (non-hydrogen) atoms. The Hall–Kier alpha value is -2.93. The molecule has 0 atom stereocenters. The van der Waals surface area contributed by atoms with Gasteiger partial charge in [0.15, 0.2) is 5.71 Å². The first-order valence-electron chi connectivity index (χ1n) is 8.67. The summed E-state index contributed by atoms with van der Waals surface area (Å²) in [6.07, 6.45) is 0.792. The Morgan fingerprint density at radius 2 is 1.96 bits per heavy atom. The van der Waals surface area contributed by atoms with Crippen molar-refractivity contribution < 1.29 is 18.8 Å². The molecule has 7 heteroatoms. The van der Waals surface area contributed by atoms with E-state index in [1.165, 1.54) is 19.2 Å². The van der Waals surface area contributed by atoms with Gasteiger partial charge in [0, 0.05) is 24.2 Å². The smallest absolute Gasteiger partial charge is 0.278 e. The van der Waals surface area contributed by atoms with E-state index in [4.69, 9.17) is 9.57 Å². The molecule has 0 aliphatic carbocycles. The van der Waals surface area contributed by atoms with E-state index in [0.717, 1.165) is 35.3 Å². The number of nitrogens with zero attached hydrogens (tertiary/aromatic N) is 2. The van der Waals surface area contributed by atoms with Gasteiger partial charge in [0.1, 0.15) is 18.7 Å². The average Bonchev–Trinajstić information content (AvgIpc) is 2.97. The van der Waals surface area contributed by atoms with Gasteiger partial charge in [-0.3, -0.25) is 4.79 Å². The summed E-state index contributed by atoms with van der Waals surface area (Å²) in [5.41, 5.74) is 5.28. The Bertz CT molecular complexity index is 971. The number of methoxy groups -OCH3 is 1. The minimum Gasteiger partial charge on any atom is -0.496 e. The van der Waals surface area contributed by atoms with E-state index >= 15 is 0 Å². The predicted octanol–water partition coefficient (Wildman–Crippen LogP) is 2.79. The van der Waals surface area contributed by atoms with E-state index < -0.39 is 0 Å². The summed E-state index contributed by atoms with van der Waals surface area (Å²) in [6, 6.07) is 6.34. The van der Waals surface area contributed by atoms with Crippen molar-refractivity contribution >= 4 is 17.3 Å². The van der Waals surface area contributed by atoms with Crippen LogP contribution in [-0.2, 0) is 22.6 Å². The lowest BCUT2D eigenvalue weighted by Gasteiger charge is -2.29. The van der Waals surface area contributed by atoms with Crippen LogP contribution in [0, 0.1) is 5.82 Å². The minimum atomic E-state index is -0.340. The van der Waals surface area contributed by atoms with Crippen LogP contribution in [0.1, 0.15) is 16.7 Å². The second-order valence-electron chi connectivity index (χ2n) is 6.71. The van der Waals surface area contributed by atoms with Crippen LogP contribution in [0.5, 0.6) is 5.75 Å². The van der Waals surface area contributed by atoms with Gasteiger partial charge in [-0.1, -0.05) is 5.16 Å². The van der Waals surface area contributed by atoms with E-state index in [2.05, 4.69) is 15.4 Å². The fourth-order valence-corrected chi connectivity index (χ4v) is 3.83. The number of hydrogen-bond donors (Lipinski definition) is 1. The molecule has 0 saturated carbocycles. The van der Waals surface area contributed by atoms with Gasteiger partial charge in [0.05, 0.1) is 12.8 Å². The standard InChI is InChI=1S/C20H20FN3O3/c1-24-7-6-12-13(14-8-11(21)4-5-17(14)26-2)9-15-18(16(12)10-24)22-20(25)19(15)23-27-3/h4-5,8-9H,6-7,10H2,1-3H3,(H,22,23,25). The summed E-state index contributed by atoms with van der Waals surface area (Å²) in [5, 5.41) is 6.81. The van der Waals surface area contributed by atoms with Crippen molar-refractivity contribution in [3.8, 4) is 16.9 Å². The van der Waals surface area contributed by atoms with Crippen molar-refractivity contribution in [3.05, 3.63) is 46.8 Å². The molecular weight excluding hydrogens is 349 g/mol. The number of fused-ring (bicyclic) bond motifs is 3. The molecule has 0 aromatic heterocycles. The fourth-order valence-electron chi connectivity index (χ4n) is 3.83. The SMILES string of the molecule is CO/N=C1/C(=O)Nc2c1cc(-c1cc(F)ccc1OC)c1c2CN(C)CC1. The average molecular weight is 369 g/mol. The Labute approximate surface area is 156 Å². The number of amides is 1. The van der Waals surface area contributed by atoms with E-state index in [1.54, 1.807) is 13.2 Å². The number of benzene rings is 2. The Morgan fingerprint density at radius 1 is 1.15 bits per heavy atom. The molecule has 0 unspecified atom stereocenters. The van der Waals surface area contributed by atoms with Crippen molar-refractivity contribution in [3.63, 3.8) is 0 Å². The molecule has 0 saturated heterocycles. The summed E-state index contributed by atoms with van der Waals surface area (Å²) in [7, 11) is 5.00. The van der Waals surface area contributed by atoms with Crippen LogP contribution in [0.2, 0.25) is 0 Å². The van der Waals surface area contributed by atoms with Crippen LogP contribution in [-0.4, -0.2) is 44.3 Å². The molecule has 0 radical (unpaired) electrons. The molecule has 2 heterocycles. The number of nitrogens with one attached hydrogen (secondary N) is 1. The molecule has 2 aromatic carbocycles. The summed E-state index contributed by atoms with van der Waals surface area (Å²) in [4.78, 5) is 19.4. The highest BCUT2D eigenvalue weighted by molar-refractivity contribution is 6.54. The van der Waals surface area contributed by atoms with E-state index in [0.29, 0.717) is 23.4 Å². The number of hydrogen-bond acceptors (Lipinski definition) is 5. The van der Waals surface area contributed by atoms with Crippen LogP contribution < -0.4 is 10.1 Å². The summed E-state index contributed by atoms with van der Waals surface area (Å²) < 4.78 is 19.5. The van der Waals surface area contributed by atoms with Gasteiger partial charge in [0.25, 0.3) is 5.91 Å². The van der Waals surface area contributed by atoms with Gasteiger partial charge in [-0.25, -0.2) is 4.39 Å². The number of anilines is 1. The lowest BCUT2D eigenvalue weighted by molar-refractivity contribution is -0.110. The summed E-state index contributed by atoms with van der Waals surface area (Å²) in [6.45, 7) is 1.56. The normalized spacial score (nSPS) is 17.5. The van der Waals surface area contributed by atoms with Gasteiger partial charge in [-0.05, 0) is 54.4 Å². The molecule has 6 nitrogen and oxygen atoms in total. The summed E-state index contributed by atoms with van der Waals surface area (Å²) in [5.74, 6) is -0.0569. The predicted molar refractivity (Wildman–Crippen MR) is 101 cm³/mol. The van der Waals surface area contributed by atoms with Crippen molar-refractivity contribution in [2.24, 2.45) is 5.16 Å². The third kappa shape index (κ3) is 2.84. The molecule has 2 aliphatic rings. The first-order valence-corrected chi connectivity index (χ1v) is 8.67. The number of halogens is 1. The zero-order valence-electron chi connectivity index (χ0n) is 15.4. The lowest BCUT2D eigenvalue weighted by atomic mass is 9.87. The van der Waals surface area contributed by atoms with Crippen molar-refractivity contribution in [2.75, 3.05) is 33.1 Å². The molecule has 2 aliphatic heterocycles. The van der Waals surface area contributed by atoms with Crippen molar-refractivity contribution in [2.45, 2.75) is 13.0 Å². The molecule has 2 aromatic rings. The third-order valence-corrected chi connectivity index (χ3v) is 5.06. The van der Waals surface area contributed by atoms with Crippen LogP contribution >= 0.6 is 0 Å². The second-order valence-corrected chi connectivity index (χ2v) is 6.71. The van der Waals surface area contributed by atoms with Crippen LogP contribution in [0.4, 0.5) is 10.1 Å². The van der Waals surface area contributed by atoms with Gasteiger partial charge in [-0.15, -0.1) is 0 Å². The number of carbonyl (C=O) groups is 1. The molecule has 0 fully saturated rings. The highest BCUT2D eigenvalue weighted by Crippen LogP contribution is 2.42. The topological polar surface area (TPSA) is 63.2 Å². The zero-order chi connectivity index (χ0) is 19.1. The monoisotopic (exact) mass is 369 g/mol. The molecule has 0 bridgehead atoms. The fraction of sp³-hybridized carbons (Fsp3) is 0.300.